The second-order valence-corrected chi connectivity index (χ2v) is 6.49. The van der Waals surface area contributed by atoms with Crippen LogP contribution < -0.4 is 0 Å². The summed E-state index contributed by atoms with van der Waals surface area (Å²) in [5, 5.41) is 1.93. The average Bonchev–Trinajstić information content (AvgIpc) is 3.19. The molecule has 1 aliphatic heterocycles. The van der Waals surface area contributed by atoms with Crippen molar-refractivity contribution in [3.05, 3.63) is 64.4 Å². The number of benzene rings is 1. The van der Waals surface area contributed by atoms with Crippen molar-refractivity contribution in [3.63, 3.8) is 0 Å². The fraction of sp³-hybridized carbons (Fsp3) is 0.263. The van der Waals surface area contributed by atoms with Gasteiger partial charge in [0.2, 0.25) is 6.10 Å². The highest BCUT2D eigenvalue weighted by Gasteiger charge is 2.29. The highest BCUT2D eigenvalue weighted by atomic mass is 32.1. The summed E-state index contributed by atoms with van der Waals surface area (Å²) in [6.45, 7) is 2.01. The van der Waals surface area contributed by atoms with Crippen molar-refractivity contribution < 1.29 is 19.1 Å². The molecule has 25 heavy (non-hydrogen) atoms. The Morgan fingerprint density at radius 3 is 2.56 bits per heavy atom. The van der Waals surface area contributed by atoms with Crippen molar-refractivity contribution in [1.82, 2.24) is 4.90 Å². The van der Waals surface area contributed by atoms with E-state index < -0.39 is 12.1 Å². The third kappa shape index (κ3) is 4.78. The van der Waals surface area contributed by atoms with Crippen molar-refractivity contribution in [2.24, 2.45) is 0 Å². The maximum atomic E-state index is 12.8. The Labute approximate surface area is 150 Å². The van der Waals surface area contributed by atoms with Gasteiger partial charge < -0.3 is 14.4 Å². The lowest BCUT2D eigenvalue weighted by molar-refractivity contribution is -0.159. The highest BCUT2D eigenvalue weighted by molar-refractivity contribution is 7.10. The van der Waals surface area contributed by atoms with Gasteiger partial charge in [0.1, 0.15) is 0 Å². The predicted octanol–water partition coefficient (Wildman–Crippen LogP) is 2.90. The van der Waals surface area contributed by atoms with Crippen LogP contribution in [-0.4, -0.2) is 43.1 Å². The lowest BCUT2D eigenvalue weighted by atomic mass is 10.1. The molecule has 1 atom stereocenters. The molecule has 2 aromatic rings. The summed E-state index contributed by atoms with van der Waals surface area (Å²) in [6.07, 6.45) is 2.10. The van der Waals surface area contributed by atoms with Gasteiger partial charge in [-0.3, -0.25) is 4.79 Å². The smallest absolute Gasteiger partial charge is 0.331 e. The van der Waals surface area contributed by atoms with Crippen LogP contribution in [-0.2, 0) is 19.1 Å². The Kier molecular flexibility index (Phi) is 5.98. The summed E-state index contributed by atoms with van der Waals surface area (Å²) in [6, 6.07) is 12.9. The summed E-state index contributed by atoms with van der Waals surface area (Å²) >= 11 is 1.53. The van der Waals surface area contributed by atoms with Crippen LogP contribution >= 0.6 is 11.3 Å². The Bertz CT molecular complexity index is 721. The maximum absolute atomic E-state index is 12.8. The van der Waals surface area contributed by atoms with E-state index in [0.717, 1.165) is 4.88 Å². The van der Waals surface area contributed by atoms with E-state index in [1.54, 1.807) is 23.1 Å². The number of hydrogen-bond donors (Lipinski definition) is 0. The molecule has 1 fully saturated rings. The molecule has 5 nitrogen and oxygen atoms in total. The van der Waals surface area contributed by atoms with E-state index in [9.17, 15) is 9.59 Å². The van der Waals surface area contributed by atoms with Crippen LogP contribution in [0.2, 0.25) is 0 Å². The molecule has 6 heteroatoms. The average molecular weight is 357 g/mol. The van der Waals surface area contributed by atoms with Gasteiger partial charge in [-0.1, -0.05) is 36.4 Å². The van der Waals surface area contributed by atoms with Crippen LogP contribution in [0.1, 0.15) is 16.5 Å². The Hall–Kier alpha value is -2.44. The minimum absolute atomic E-state index is 0.215. The fourth-order valence-electron chi connectivity index (χ4n) is 2.53. The third-order valence-corrected chi connectivity index (χ3v) is 4.65. The monoisotopic (exact) mass is 357 g/mol. The summed E-state index contributed by atoms with van der Waals surface area (Å²) in [7, 11) is 0. The Morgan fingerprint density at radius 2 is 1.88 bits per heavy atom. The lowest BCUT2D eigenvalue weighted by Crippen LogP contribution is -2.44. The molecule has 130 valence electrons. The number of hydrogen-bond acceptors (Lipinski definition) is 5. The van der Waals surface area contributed by atoms with Gasteiger partial charge in [0.15, 0.2) is 0 Å². The van der Waals surface area contributed by atoms with Gasteiger partial charge in [-0.15, -0.1) is 11.3 Å². The Morgan fingerprint density at radius 1 is 1.12 bits per heavy atom. The van der Waals surface area contributed by atoms with Crippen LogP contribution in [0.3, 0.4) is 0 Å². The molecule has 1 saturated heterocycles. The first-order valence-corrected chi connectivity index (χ1v) is 8.96. The maximum Gasteiger partial charge on any atom is 0.331 e. The van der Waals surface area contributed by atoms with E-state index in [1.807, 2.05) is 35.7 Å². The number of rotatable bonds is 5. The molecule has 1 amide bonds. The van der Waals surface area contributed by atoms with Crippen LogP contribution in [0.4, 0.5) is 0 Å². The number of carbonyl (C=O) groups excluding carboxylic acids is 2. The molecule has 0 N–H and O–H groups in total. The van der Waals surface area contributed by atoms with Crippen molar-refractivity contribution in [2.75, 3.05) is 26.3 Å². The lowest BCUT2D eigenvalue weighted by Gasteiger charge is -2.30. The van der Waals surface area contributed by atoms with Crippen LogP contribution in [0.5, 0.6) is 0 Å². The molecule has 0 unspecified atom stereocenters. The zero-order valence-corrected chi connectivity index (χ0v) is 14.5. The SMILES string of the molecule is O=C(/C=C/c1cccs1)O[C@H](C(=O)N1CCOCC1)c1ccccc1. The van der Waals surface area contributed by atoms with E-state index in [1.165, 1.54) is 17.4 Å². The van der Waals surface area contributed by atoms with E-state index in [-0.39, 0.29) is 5.91 Å². The van der Waals surface area contributed by atoms with Gasteiger partial charge in [-0.2, -0.15) is 0 Å². The number of nitrogens with zero attached hydrogens (tertiary/aromatic N) is 1. The number of ether oxygens (including phenoxy) is 2. The first-order valence-electron chi connectivity index (χ1n) is 8.08. The van der Waals surface area contributed by atoms with Gasteiger partial charge in [0, 0.05) is 29.6 Å². The number of carbonyl (C=O) groups is 2. The molecule has 2 heterocycles. The molecule has 0 saturated carbocycles. The number of esters is 1. The van der Waals surface area contributed by atoms with Gasteiger partial charge in [0.05, 0.1) is 13.2 Å². The third-order valence-electron chi connectivity index (χ3n) is 3.81. The first kappa shape index (κ1) is 17.4. The van der Waals surface area contributed by atoms with E-state index >= 15 is 0 Å². The van der Waals surface area contributed by atoms with Gasteiger partial charge in [0.25, 0.3) is 5.91 Å². The minimum atomic E-state index is -0.945. The van der Waals surface area contributed by atoms with Crippen molar-refractivity contribution >= 4 is 29.3 Å². The summed E-state index contributed by atoms with van der Waals surface area (Å²) in [5.41, 5.74) is 0.664. The quantitative estimate of drug-likeness (QED) is 0.610. The largest absolute Gasteiger partial charge is 0.444 e. The predicted molar refractivity (Wildman–Crippen MR) is 96.0 cm³/mol. The molecule has 0 radical (unpaired) electrons. The van der Waals surface area contributed by atoms with Gasteiger partial charge >= 0.3 is 5.97 Å². The fourth-order valence-corrected chi connectivity index (χ4v) is 3.15. The van der Waals surface area contributed by atoms with Crippen LogP contribution in [0, 0.1) is 0 Å². The van der Waals surface area contributed by atoms with Crippen LogP contribution in [0.25, 0.3) is 6.08 Å². The van der Waals surface area contributed by atoms with E-state index in [0.29, 0.717) is 31.9 Å². The summed E-state index contributed by atoms with van der Waals surface area (Å²) in [4.78, 5) is 27.7. The molecular weight excluding hydrogens is 338 g/mol. The van der Waals surface area contributed by atoms with Gasteiger partial charge in [-0.05, 0) is 17.5 Å². The zero-order valence-electron chi connectivity index (χ0n) is 13.7. The number of morpholine rings is 1. The zero-order chi connectivity index (χ0) is 17.5. The molecule has 0 spiro atoms. The molecule has 1 aliphatic rings. The minimum Gasteiger partial charge on any atom is -0.444 e. The Balaban J connectivity index is 1.74. The summed E-state index contributed by atoms with van der Waals surface area (Å²) < 4.78 is 10.8. The molecular formula is C19H19NO4S. The highest BCUT2D eigenvalue weighted by Crippen LogP contribution is 2.21. The topological polar surface area (TPSA) is 55.8 Å². The van der Waals surface area contributed by atoms with E-state index in [2.05, 4.69) is 0 Å². The van der Waals surface area contributed by atoms with Crippen molar-refractivity contribution in [3.8, 4) is 0 Å². The number of amides is 1. The second-order valence-electron chi connectivity index (χ2n) is 5.51. The first-order chi connectivity index (χ1) is 12.2. The normalized spacial score (nSPS) is 15.9. The second kappa shape index (κ2) is 8.60. The van der Waals surface area contributed by atoms with Crippen molar-refractivity contribution in [1.29, 1.82) is 0 Å². The van der Waals surface area contributed by atoms with Crippen LogP contribution in [0.15, 0.2) is 53.9 Å². The molecule has 0 bridgehead atoms. The van der Waals surface area contributed by atoms with Crippen molar-refractivity contribution in [2.45, 2.75) is 6.10 Å². The number of thiophene rings is 1. The van der Waals surface area contributed by atoms with Gasteiger partial charge in [-0.25, -0.2) is 4.79 Å². The molecule has 3 rings (SSSR count). The molecule has 0 aliphatic carbocycles. The standard InChI is InChI=1S/C19H19NO4S/c21-17(9-8-16-7-4-14-25-16)24-18(15-5-2-1-3-6-15)19(22)20-10-12-23-13-11-20/h1-9,14,18H,10-13H2/b9-8+/t18-/m0/s1. The molecule has 1 aromatic heterocycles. The van der Waals surface area contributed by atoms with E-state index in [4.69, 9.17) is 9.47 Å². The molecule has 1 aromatic carbocycles. The summed E-state index contributed by atoms with van der Waals surface area (Å²) in [5.74, 6) is -0.753.